The first-order chi connectivity index (χ1) is 14.1. The van der Waals surface area contributed by atoms with E-state index in [1.54, 1.807) is 17.0 Å². The topological polar surface area (TPSA) is 40.6 Å². The summed E-state index contributed by atoms with van der Waals surface area (Å²) in [6.45, 7) is 2.33. The third kappa shape index (κ3) is 3.85. The van der Waals surface area contributed by atoms with E-state index in [-0.39, 0.29) is 25.0 Å². The maximum atomic E-state index is 13.3. The molecule has 0 aliphatic carbocycles. The number of alkyl halides is 3. The lowest BCUT2D eigenvalue weighted by Crippen LogP contribution is -2.44. The van der Waals surface area contributed by atoms with E-state index < -0.39 is 12.1 Å². The Morgan fingerprint density at radius 2 is 1.73 bits per heavy atom. The molecule has 0 radical (unpaired) electrons. The van der Waals surface area contributed by atoms with Crippen LogP contribution in [0.1, 0.15) is 39.5 Å². The van der Waals surface area contributed by atoms with E-state index in [0.717, 1.165) is 22.4 Å². The Balaban J connectivity index is 1.61. The molecule has 4 nitrogen and oxygen atoms in total. The maximum absolute atomic E-state index is 13.3. The third-order valence-corrected chi connectivity index (χ3v) is 6.49. The van der Waals surface area contributed by atoms with Crippen LogP contribution in [0.15, 0.2) is 40.9 Å². The molecule has 2 aliphatic heterocycles. The molecule has 2 aromatic carbocycles. The summed E-state index contributed by atoms with van der Waals surface area (Å²) in [6, 6.07) is 11.4. The fourth-order valence-electron chi connectivity index (χ4n) is 4.20. The maximum Gasteiger partial charge on any atom is 0.471 e. The molecular formula is C22H20BrF3N2O2. The van der Waals surface area contributed by atoms with Gasteiger partial charge in [-0.25, -0.2) is 0 Å². The van der Waals surface area contributed by atoms with Gasteiger partial charge in [-0.3, -0.25) is 9.59 Å². The number of hydrogen-bond donors (Lipinski definition) is 0. The molecule has 2 heterocycles. The van der Waals surface area contributed by atoms with Crippen molar-refractivity contribution in [2.75, 3.05) is 6.54 Å². The Morgan fingerprint density at radius 3 is 2.43 bits per heavy atom. The van der Waals surface area contributed by atoms with Crippen LogP contribution in [0.25, 0.3) is 0 Å². The van der Waals surface area contributed by atoms with Gasteiger partial charge in [-0.1, -0.05) is 24.3 Å². The molecule has 0 aromatic heterocycles. The zero-order valence-corrected chi connectivity index (χ0v) is 17.9. The van der Waals surface area contributed by atoms with Crippen LogP contribution >= 0.6 is 15.9 Å². The van der Waals surface area contributed by atoms with Gasteiger partial charge in [0.1, 0.15) is 0 Å². The average Bonchev–Trinajstić information content (AvgIpc) is 2.70. The van der Waals surface area contributed by atoms with Gasteiger partial charge in [-0.15, -0.1) is 0 Å². The third-order valence-electron chi connectivity index (χ3n) is 5.83. The fraction of sp³-hybridized carbons (Fsp3) is 0.364. The lowest BCUT2D eigenvalue weighted by Gasteiger charge is -2.36. The van der Waals surface area contributed by atoms with Gasteiger partial charge in [0.25, 0.3) is 5.91 Å². The van der Waals surface area contributed by atoms with E-state index in [4.69, 9.17) is 0 Å². The molecule has 30 heavy (non-hydrogen) atoms. The van der Waals surface area contributed by atoms with E-state index in [0.29, 0.717) is 28.6 Å². The van der Waals surface area contributed by atoms with Gasteiger partial charge >= 0.3 is 12.1 Å². The standard InChI is InChI=1S/C22H20BrF3N2O2/c1-13-8-14-4-2-3-5-16(14)12-28(13)20(29)18-9-17-11-27(21(30)22(24,25)26)7-6-15(17)10-19(18)23/h2-5,9-10,13H,6-8,11-12H2,1H3/t13-/m1/s1. The molecule has 0 spiro atoms. The predicted molar refractivity (Wildman–Crippen MR) is 109 cm³/mol. The number of amides is 2. The summed E-state index contributed by atoms with van der Waals surface area (Å²) in [5, 5.41) is 0. The van der Waals surface area contributed by atoms with Crippen molar-refractivity contribution in [2.45, 2.75) is 45.1 Å². The minimum absolute atomic E-state index is 0.00126. The number of rotatable bonds is 1. The van der Waals surface area contributed by atoms with Crippen LogP contribution in [0.5, 0.6) is 0 Å². The summed E-state index contributed by atoms with van der Waals surface area (Å²) in [7, 11) is 0. The van der Waals surface area contributed by atoms with Gasteiger partial charge in [0.05, 0.1) is 5.56 Å². The first-order valence-corrected chi connectivity index (χ1v) is 10.5. The number of fused-ring (bicyclic) bond motifs is 2. The van der Waals surface area contributed by atoms with Crippen molar-refractivity contribution in [2.24, 2.45) is 0 Å². The van der Waals surface area contributed by atoms with E-state index in [1.807, 2.05) is 25.1 Å². The molecule has 1 atom stereocenters. The summed E-state index contributed by atoms with van der Waals surface area (Å²) in [4.78, 5) is 27.6. The Morgan fingerprint density at radius 1 is 1.03 bits per heavy atom. The van der Waals surface area contributed by atoms with Gasteiger partial charge < -0.3 is 9.80 Å². The Labute approximate surface area is 180 Å². The number of carbonyl (C=O) groups excluding carboxylic acids is 2. The summed E-state index contributed by atoms with van der Waals surface area (Å²) in [5.41, 5.74) is 4.15. The van der Waals surface area contributed by atoms with E-state index >= 15 is 0 Å². The quantitative estimate of drug-likeness (QED) is 0.603. The zero-order chi connectivity index (χ0) is 21.6. The van der Waals surface area contributed by atoms with Crippen LogP contribution in [0.2, 0.25) is 0 Å². The minimum Gasteiger partial charge on any atom is -0.331 e. The molecule has 8 heteroatoms. The number of halogens is 4. The molecule has 0 bridgehead atoms. The summed E-state index contributed by atoms with van der Waals surface area (Å²) in [6.07, 6.45) is -3.84. The molecule has 2 aromatic rings. The van der Waals surface area contributed by atoms with E-state index in [9.17, 15) is 22.8 Å². The van der Waals surface area contributed by atoms with Crippen LogP contribution in [0.3, 0.4) is 0 Å². The van der Waals surface area contributed by atoms with Gasteiger partial charge in [-0.2, -0.15) is 13.2 Å². The Hall–Kier alpha value is -2.35. The van der Waals surface area contributed by atoms with E-state index in [1.165, 1.54) is 5.56 Å². The predicted octanol–water partition coefficient (Wildman–Crippen LogP) is 4.48. The molecule has 0 unspecified atom stereocenters. The lowest BCUT2D eigenvalue weighted by atomic mass is 9.93. The molecule has 0 N–H and O–H groups in total. The Bertz CT molecular complexity index is 1020. The highest BCUT2D eigenvalue weighted by Crippen LogP contribution is 2.32. The normalized spacial score (nSPS) is 18.6. The summed E-state index contributed by atoms with van der Waals surface area (Å²) in [5.74, 6) is -2.02. The molecule has 0 saturated carbocycles. The van der Waals surface area contributed by atoms with Crippen LogP contribution in [-0.2, 0) is 30.7 Å². The Kier molecular flexibility index (Phi) is 5.38. The highest BCUT2D eigenvalue weighted by Gasteiger charge is 2.43. The van der Waals surface area contributed by atoms with Crippen molar-refractivity contribution in [3.05, 3.63) is 68.7 Å². The second kappa shape index (κ2) is 7.72. The first-order valence-electron chi connectivity index (χ1n) is 9.70. The average molecular weight is 481 g/mol. The van der Waals surface area contributed by atoms with Crippen molar-refractivity contribution in [1.29, 1.82) is 0 Å². The molecule has 2 aliphatic rings. The van der Waals surface area contributed by atoms with Crippen molar-refractivity contribution in [3.63, 3.8) is 0 Å². The highest BCUT2D eigenvalue weighted by atomic mass is 79.9. The number of carbonyl (C=O) groups is 2. The van der Waals surface area contributed by atoms with Crippen LogP contribution in [0.4, 0.5) is 13.2 Å². The molecule has 4 rings (SSSR count). The van der Waals surface area contributed by atoms with Crippen molar-refractivity contribution in [1.82, 2.24) is 9.80 Å². The lowest BCUT2D eigenvalue weighted by molar-refractivity contribution is -0.186. The van der Waals surface area contributed by atoms with Gasteiger partial charge in [0.15, 0.2) is 0 Å². The number of benzene rings is 2. The van der Waals surface area contributed by atoms with Gasteiger partial charge in [-0.05, 0) is 70.1 Å². The molecule has 2 amide bonds. The first kappa shape index (κ1) is 20.9. The van der Waals surface area contributed by atoms with Crippen molar-refractivity contribution >= 4 is 27.7 Å². The van der Waals surface area contributed by atoms with Crippen LogP contribution < -0.4 is 0 Å². The highest BCUT2D eigenvalue weighted by molar-refractivity contribution is 9.10. The largest absolute Gasteiger partial charge is 0.471 e. The second-order valence-electron chi connectivity index (χ2n) is 7.83. The van der Waals surface area contributed by atoms with Crippen molar-refractivity contribution in [3.8, 4) is 0 Å². The second-order valence-corrected chi connectivity index (χ2v) is 8.68. The molecule has 0 saturated heterocycles. The molecule has 158 valence electrons. The summed E-state index contributed by atoms with van der Waals surface area (Å²) >= 11 is 3.46. The molecular weight excluding hydrogens is 461 g/mol. The number of hydrogen-bond acceptors (Lipinski definition) is 2. The fourth-order valence-corrected chi connectivity index (χ4v) is 4.76. The number of nitrogens with zero attached hydrogens (tertiary/aromatic N) is 2. The van der Waals surface area contributed by atoms with E-state index in [2.05, 4.69) is 22.0 Å². The van der Waals surface area contributed by atoms with Crippen LogP contribution in [0, 0.1) is 0 Å². The van der Waals surface area contributed by atoms with Gasteiger partial charge in [0, 0.05) is 30.1 Å². The minimum atomic E-state index is -4.90. The van der Waals surface area contributed by atoms with Crippen molar-refractivity contribution < 1.29 is 22.8 Å². The van der Waals surface area contributed by atoms with Crippen LogP contribution in [-0.4, -0.2) is 40.4 Å². The SMILES string of the molecule is C[C@@H]1Cc2ccccc2CN1C(=O)c1cc2c(cc1Br)CCN(C(=O)C(F)(F)F)C2. The zero-order valence-electron chi connectivity index (χ0n) is 16.3. The van der Waals surface area contributed by atoms with Gasteiger partial charge in [0.2, 0.25) is 0 Å². The summed E-state index contributed by atoms with van der Waals surface area (Å²) < 4.78 is 39.1. The molecule has 0 fully saturated rings. The monoisotopic (exact) mass is 480 g/mol. The smallest absolute Gasteiger partial charge is 0.331 e.